The molecule has 0 spiro atoms. The van der Waals surface area contributed by atoms with Crippen LogP contribution in [0, 0.1) is 0 Å². The summed E-state index contributed by atoms with van der Waals surface area (Å²) in [6, 6.07) is 6.19. The number of unbranched alkanes of at least 4 members (excludes halogenated alkanes) is 1. The van der Waals surface area contributed by atoms with Gasteiger partial charge in [0.05, 0.1) is 23.6 Å². The van der Waals surface area contributed by atoms with Gasteiger partial charge in [0.15, 0.2) is 10.1 Å². The van der Waals surface area contributed by atoms with Crippen molar-refractivity contribution in [2.75, 3.05) is 30.7 Å². The predicted octanol–water partition coefficient (Wildman–Crippen LogP) is 3.52. The second-order valence-corrected chi connectivity index (χ2v) is 11.7. The topological polar surface area (TPSA) is 101 Å². The van der Waals surface area contributed by atoms with E-state index in [2.05, 4.69) is 22.4 Å². The molecule has 170 valence electrons. The molecule has 2 atom stereocenters. The minimum absolute atomic E-state index is 0.0172. The summed E-state index contributed by atoms with van der Waals surface area (Å²) in [7, 11) is -3.70. The van der Waals surface area contributed by atoms with Crippen LogP contribution in [0.15, 0.2) is 33.5 Å². The van der Waals surface area contributed by atoms with Crippen molar-refractivity contribution in [2.24, 2.45) is 0 Å². The Balaban J connectivity index is 1.63. The highest BCUT2D eigenvalue weighted by Gasteiger charge is 2.32. The first-order valence-corrected chi connectivity index (χ1v) is 13.5. The van der Waals surface area contributed by atoms with Crippen molar-refractivity contribution in [2.45, 2.75) is 55.1 Å². The fraction of sp³-hybridized carbons (Fsp3) is 0.550. The summed E-state index contributed by atoms with van der Waals surface area (Å²) in [5.74, 6) is 0.780. The highest BCUT2D eigenvalue weighted by molar-refractivity contribution is 8.01. The summed E-state index contributed by atoms with van der Waals surface area (Å²) in [5, 5.41) is 11.7. The van der Waals surface area contributed by atoms with Gasteiger partial charge in [-0.3, -0.25) is 4.79 Å². The van der Waals surface area contributed by atoms with Crippen LogP contribution in [0.1, 0.15) is 44.0 Å². The van der Waals surface area contributed by atoms with Gasteiger partial charge in [-0.2, -0.15) is 4.31 Å². The van der Waals surface area contributed by atoms with Crippen LogP contribution in [0.4, 0.5) is 5.13 Å². The number of ketones is 1. The minimum Gasteiger partial charge on any atom is -0.373 e. The lowest BCUT2D eigenvalue weighted by Gasteiger charge is -2.34. The molecule has 1 aromatic carbocycles. The Labute approximate surface area is 191 Å². The molecule has 1 aliphatic rings. The number of benzene rings is 1. The van der Waals surface area contributed by atoms with Crippen LogP contribution < -0.4 is 5.32 Å². The number of nitrogens with zero attached hydrogens (tertiary/aromatic N) is 3. The molecule has 1 aliphatic heterocycles. The molecule has 1 N–H and O–H groups in total. The number of carbonyl (C=O) groups is 1. The lowest BCUT2D eigenvalue weighted by molar-refractivity contribution is -0.0440. The van der Waals surface area contributed by atoms with Gasteiger partial charge in [0.25, 0.3) is 0 Å². The number of aromatic nitrogens is 2. The number of sulfonamides is 1. The van der Waals surface area contributed by atoms with E-state index < -0.39 is 10.0 Å². The number of rotatable bonds is 10. The van der Waals surface area contributed by atoms with Crippen molar-refractivity contribution in [1.29, 1.82) is 0 Å². The van der Waals surface area contributed by atoms with Gasteiger partial charge in [-0.15, -0.1) is 10.2 Å². The third-order valence-corrected chi connectivity index (χ3v) is 8.64. The van der Waals surface area contributed by atoms with Crippen molar-refractivity contribution in [1.82, 2.24) is 14.5 Å². The van der Waals surface area contributed by atoms with Crippen LogP contribution in [0.2, 0.25) is 0 Å². The van der Waals surface area contributed by atoms with Gasteiger partial charge >= 0.3 is 0 Å². The average Bonchev–Trinajstić information content (AvgIpc) is 3.19. The van der Waals surface area contributed by atoms with Gasteiger partial charge in [0.2, 0.25) is 15.2 Å². The Morgan fingerprint density at radius 2 is 2.03 bits per heavy atom. The molecule has 3 rings (SSSR count). The number of morpholine rings is 1. The van der Waals surface area contributed by atoms with Crippen LogP contribution in [0.25, 0.3) is 0 Å². The predicted molar refractivity (Wildman–Crippen MR) is 124 cm³/mol. The summed E-state index contributed by atoms with van der Waals surface area (Å²) in [6.07, 6.45) is 1.89. The van der Waals surface area contributed by atoms with Gasteiger partial charge in [0.1, 0.15) is 0 Å². The Hall–Kier alpha value is -1.53. The summed E-state index contributed by atoms with van der Waals surface area (Å²) in [6.45, 7) is 6.45. The Morgan fingerprint density at radius 1 is 1.29 bits per heavy atom. The Morgan fingerprint density at radius 3 is 2.74 bits per heavy atom. The van der Waals surface area contributed by atoms with Crippen molar-refractivity contribution in [3.8, 4) is 0 Å². The zero-order valence-electron chi connectivity index (χ0n) is 17.9. The van der Waals surface area contributed by atoms with E-state index >= 15 is 0 Å². The fourth-order valence-electron chi connectivity index (χ4n) is 3.21. The third kappa shape index (κ3) is 6.48. The standard InChI is InChI=1S/C20H28N4O4S3/c1-4-5-9-29-20-23-22-19(30-20)21-11-18(25)16-7-6-8-17(10-16)31(26,27)24-12-14(2)28-15(3)13-24/h6-8,10,14-15H,4-5,9,11-13H2,1-3H3,(H,21,22). The van der Waals surface area contributed by atoms with Crippen molar-refractivity contribution in [3.05, 3.63) is 29.8 Å². The number of hydrogen-bond donors (Lipinski definition) is 1. The second kappa shape index (κ2) is 10.9. The maximum absolute atomic E-state index is 13.1. The summed E-state index contributed by atoms with van der Waals surface area (Å²) >= 11 is 3.06. The lowest BCUT2D eigenvalue weighted by atomic mass is 10.1. The first-order valence-electron chi connectivity index (χ1n) is 10.3. The van der Waals surface area contributed by atoms with E-state index in [0.29, 0.717) is 23.8 Å². The van der Waals surface area contributed by atoms with Crippen molar-refractivity contribution < 1.29 is 17.9 Å². The van der Waals surface area contributed by atoms with Gasteiger partial charge in [0, 0.05) is 24.4 Å². The molecule has 0 amide bonds. The van der Waals surface area contributed by atoms with Crippen LogP contribution in [-0.4, -0.2) is 66.3 Å². The average molecular weight is 485 g/mol. The molecule has 11 heteroatoms. The summed E-state index contributed by atoms with van der Waals surface area (Å²) in [5.41, 5.74) is 0.338. The smallest absolute Gasteiger partial charge is 0.243 e. The van der Waals surface area contributed by atoms with E-state index in [1.54, 1.807) is 23.9 Å². The number of nitrogens with one attached hydrogen (secondary N) is 1. The van der Waals surface area contributed by atoms with Crippen LogP contribution >= 0.6 is 23.1 Å². The highest BCUT2D eigenvalue weighted by Crippen LogP contribution is 2.26. The molecular weight excluding hydrogens is 456 g/mol. The van der Waals surface area contributed by atoms with Gasteiger partial charge < -0.3 is 10.1 Å². The Bertz CT molecular complexity index is 986. The SMILES string of the molecule is CCCCSc1nnc(NCC(=O)c2cccc(S(=O)(=O)N3CC(C)OC(C)C3)c2)s1. The molecule has 1 aromatic heterocycles. The van der Waals surface area contributed by atoms with Crippen LogP contribution in [0.3, 0.4) is 0 Å². The van der Waals surface area contributed by atoms with Gasteiger partial charge in [-0.1, -0.05) is 48.6 Å². The Kier molecular flexibility index (Phi) is 8.45. The van der Waals surface area contributed by atoms with Crippen molar-refractivity contribution in [3.63, 3.8) is 0 Å². The quantitative estimate of drug-likeness (QED) is 0.310. The molecule has 2 aromatic rings. The summed E-state index contributed by atoms with van der Waals surface area (Å²) < 4.78 is 34.1. The largest absolute Gasteiger partial charge is 0.373 e. The molecule has 0 bridgehead atoms. The third-order valence-electron chi connectivity index (χ3n) is 4.71. The zero-order valence-corrected chi connectivity index (χ0v) is 20.4. The first kappa shape index (κ1) is 24.1. The second-order valence-electron chi connectivity index (χ2n) is 7.46. The normalized spacial score (nSPS) is 20.0. The van der Waals surface area contributed by atoms with Crippen LogP contribution in [0.5, 0.6) is 0 Å². The van der Waals surface area contributed by atoms with E-state index in [1.807, 2.05) is 13.8 Å². The molecule has 0 radical (unpaired) electrons. The first-order chi connectivity index (χ1) is 14.8. The molecule has 1 fully saturated rings. The van der Waals surface area contributed by atoms with E-state index in [-0.39, 0.29) is 29.4 Å². The van der Waals surface area contributed by atoms with Crippen molar-refractivity contribution >= 4 is 44.0 Å². The molecule has 2 unspecified atom stereocenters. The number of carbonyl (C=O) groups excluding carboxylic acids is 1. The maximum atomic E-state index is 13.1. The molecule has 31 heavy (non-hydrogen) atoms. The number of hydrogen-bond acceptors (Lipinski definition) is 9. The van der Waals surface area contributed by atoms with Gasteiger partial charge in [-0.05, 0) is 32.4 Å². The van der Waals surface area contributed by atoms with Crippen LogP contribution in [-0.2, 0) is 14.8 Å². The summed E-state index contributed by atoms with van der Waals surface area (Å²) in [4.78, 5) is 12.8. The number of Topliss-reactive ketones (excluding diaryl/α,β-unsaturated/α-hetero) is 1. The van der Waals surface area contributed by atoms with E-state index in [1.165, 1.54) is 27.8 Å². The highest BCUT2D eigenvalue weighted by atomic mass is 32.2. The maximum Gasteiger partial charge on any atom is 0.243 e. The number of anilines is 1. The molecule has 2 heterocycles. The van der Waals surface area contributed by atoms with E-state index in [9.17, 15) is 13.2 Å². The van der Waals surface area contributed by atoms with Gasteiger partial charge in [-0.25, -0.2) is 8.42 Å². The minimum atomic E-state index is -3.70. The molecule has 1 saturated heterocycles. The molecular formula is C20H28N4O4S3. The molecule has 0 aliphatic carbocycles. The van der Waals surface area contributed by atoms with E-state index in [4.69, 9.17) is 4.74 Å². The number of ether oxygens (including phenoxy) is 1. The number of thioether (sulfide) groups is 1. The molecule has 0 saturated carbocycles. The fourth-order valence-corrected chi connectivity index (χ4v) is 6.75. The molecule has 8 nitrogen and oxygen atoms in total. The zero-order chi connectivity index (χ0) is 22.4. The lowest BCUT2D eigenvalue weighted by Crippen LogP contribution is -2.48. The monoisotopic (exact) mass is 484 g/mol. The van der Waals surface area contributed by atoms with E-state index in [0.717, 1.165) is 22.9 Å².